The molecule has 0 fully saturated rings. The summed E-state index contributed by atoms with van der Waals surface area (Å²) in [7, 11) is 3.05. The molecule has 8 heteroatoms. The van der Waals surface area contributed by atoms with Gasteiger partial charge in [0.1, 0.15) is 0 Å². The Kier molecular flexibility index (Phi) is 6.44. The summed E-state index contributed by atoms with van der Waals surface area (Å²) in [5.41, 5.74) is 0.460. The van der Waals surface area contributed by atoms with Crippen LogP contribution >= 0.6 is 0 Å². The highest BCUT2D eigenvalue weighted by molar-refractivity contribution is 5.79. The van der Waals surface area contributed by atoms with E-state index in [4.69, 9.17) is 0 Å². The minimum atomic E-state index is -4.47. The molecule has 5 nitrogen and oxygen atoms in total. The third kappa shape index (κ3) is 5.81. The molecule has 0 spiro atoms. The van der Waals surface area contributed by atoms with Crippen molar-refractivity contribution in [3.8, 4) is 0 Å². The molecule has 2 rings (SSSR count). The Morgan fingerprint density at radius 1 is 1.20 bits per heavy atom. The van der Waals surface area contributed by atoms with Crippen molar-refractivity contribution < 1.29 is 13.2 Å². The predicted molar refractivity (Wildman–Crippen MR) is 91.2 cm³/mol. The summed E-state index contributed by atoms with van der Waals surface area (Å²) in [5, 5.41) is 9.49. The van der Waals surface area contributed by atoms with Gasteiger partial charge in [0, 0.05) is 38.9 Å². The van der Waals surface area contributed by atoms with E-state index < -0.39 is 11.9 Å². The smallest absolute Gasteiger partial charge is 0.356 e. The highest BCUT2D eigenvalue weighted by atomic mass is 19.4. The van der Waals surface area contributed by atoms with Crippen LogP contribution in [0.25, 0.3) is 0 Å². The number of halogens is 3. The second kappa shape index (κ2) is 8.55. The maximum Gasteiger partial charge on any atom is 0.435 e. The maximum atomic E-state index is 12.9. The minimum absolute atomic E-state index is 0.00103. The Labute approximate surface area is 145 Å². The van der Waals surface area contributed by atoms with Crippen LogP contribution in [-0.4, -0.2) is 29.3 Å². The van der Waals surface area contributed by atoms with Gasteiger partial charge in [-0.3, -0.25) is 9.67 Å². The SMILES string of the molecule is CN=C(NCCCc1ccccc1)NCc1cn(C)nc1C(F)(F)F. The lowest BCUT2D eigenvalue weighted by Gasteiger charge is -2.12. The van der Waals surface area contributed by atoms with Gasteiger partial charge in [0.15, 0.2) is 11.7 Å². The van der Waals surface area contributed by atoms with Crippen LogP contribution in [0.4, 0.5) is 13.2 Å². The monoisotopic (exact) mass is 353 g/mol. The first-order valence-corrected chi connectivity index (χ1v) is 7.98. The summed E-state index contributed by atoms with van der Waals surface area (Å²) >= 11 is 0. The molecule has 1 aromatic carbocycles. The number of aliphatic imine (C=N–C) groups is 1. The van der Waals surface area contributed by atoms with Gasteiger partial charge in [-0.25, -0.2) is 0 Å². The van der Waals surface area contributed by atoms with E-state index in [0.29, 0.717) is 12.5 Å². The van der Waals surface area contributed by atoms with Gasteiger partial charge < -0.3 is 10.6 Å². The van der Waals surface area contributed by atoms with Crippen molar-refractivity contribution >= 4 is 5.96 Å². The van der Waals surface area contributed by atoms with Crippen LogP contribution in [0.2, 0.25) is 0 Å². The van der Waals surface area contributed by atoms with E-state index in [1.54, 1.807) is 7.05 Å². The molecule has 1 heterocycles. The molecule has 2 aromatic rings. The summed E-state index contributed by atoms with van der Waals surface area (Å²) in [6, 6.07) is 10.1. The van der Waals surface area contributed by atoms with Crippen molar-refractivity contribution in [3.63, 3.8) is 0 Å². The average molecular weight is 353 g/mol. The summed E-state index contributed by atoms with van der Waals surface area (Å²) in [5.74, 6) is 0.463. The Hall–Kier alpha value is -2.51. The fourth-order valence-electron chi connectivity index (χ4n) is 2.45. The molecular weight excluding hydrogens is 331 g/mol. The topological polar surface area (TPSA) is 54.2 Å². The number of nitrogens with one attached hydrogen (secondary N) is 2. The van der Waals surface area contributed by atoms with Crippen molar-refractivity contribution in [1.82, 2.24) is 20.4 Å². The molecule has 0 atom stereocenters. The highest BCUT2D eigenvalue weighted by Crippen LogP contribution is 2.30. The van der Waals surface area contributed by atoms with Crippen LogP contribution in [0.5, 0.6) is 0 Å². The van der Waals surface area contributed by atoms with Gasteiger partial charge in [0.2, 0.25) is 0 Å². The number of aromatic nitrogens is 2. The van der Waals surface area contributed by atoms with Crippen molar-refractivity contribution in [2.24, 2.45) is 12.0 Å². The Bertz CT molecular complexity index is 692. The van der Waals surface area contributed by atoms with Gasteiger partial charge in [-0.2, -0.15) is 18.3 Å². The molecule has 136 valence electrons. The zero-order chi connectivity index (χ0) is 18.3. The van der Waals surface area contributed by atoms with E-state index in [2.05, 4.69) is 32.9 Å². The predicted octanol–water partition coefficient (Wildman–Crippen LogP) is 2.74. The van der Waals surface area contributed by atoms with E-state index in [1.165, 1.54) is 18.8 Å². The Morgan fingerprint density at radius 3 is 2.56 bits per heavy atom. The molecule has 0 saturated heterocycles. The molecular formula is C17H22F3N5. The largest absolute Gasteiger partial charge is 0.435 e. The Balaban J connectivity index is 1.81. The van der Waals surface area contributed by atoms with Gasteiger partial charge in [0.25, 0.3) is 0 Å². The number of alkyl halides is 3. The molecule has 1 aromatic heterocycles. The Morgan fingerprint density at radius 2 is 1.92 bits per heavy atom. The van der Waals surface area contributed by atoms with Gasteiger partial charge in [-0.15, -0.1) is 0 Å². The lowest BCUT2D eigenvalue weighted by molar-refractivity contribution is -0.142. The standard InChI is InChI=1S/C17H22F3N5/c1-21-16(22-10-6-9-13-7-4-3-5-8-13)23-11-14-12-25(2)24-15(14)17(18,19)20/h3-5,7-8,12H,6,9-11H2,1-2H3,(H2,21,22,23). The van der Waals surface area contributed by atoms with Crippen molar-refractivity contribution in [2.75, 3.05) is 13.6 Å². The van der Waals surface area contributed by atoms with E-state index in [9.17, 15) is 13.2 Å². The van der Waals surface area contributed by atoms with E-state index in [-0.39, 0.29) is 12.1 Å². The quantitative estimate of drug-likeness (QED) is 0.477. The van der Waals surface area contributed by atoms with Gasteiger partial charge in [-0.1, -0.05) is 30.3 Å². The lowest BCUT2D eigenvalue weighted by Crippen LogP contribution is -2.37. The highest BCUT2D eigenvalue weighted by Gasteiger charge is 2.36. The zero-order valence-electron chi connectivity index (χ0n) is 14.3. The number of aryl methyl sites for hydroxylation is 2. The molecule has 2 N–H and O–H groups in total. The minimum Gasteiger partial charge on any atom is -0.356 e. The first-order chi connectivity index (χ1) is 11.9. The number of benzene rings is 1. The fraction of sp³-hybridized carbons (Fsp3) is 0.412. The van der Waals surface area contributed by atoms with Crippen LogP contribution in [-0.2, 0) is 26.2 Å². The summed E-state index contributed by atoms with van der Waals surface area (Å²) < 4.78 is 39.9. The normalized spacial score (nSPS) is 12.3. The first-order valence-electron chi connectivity index (χ1n) is 7.98. The zero-order valence-corrected chi connectivity index (χ0v) is 14.3. The van der Waals surface area contributed by atoms with Gasteiger partial charge in [-0.05, 0) is 18.4 Å². The second-order valence-electron chi connectivity index (χ2n) is 5.62. The third-order valence-electron chi connectivity index (χ3n) is 3.62. The summed E-state index contributed by atoms with van der Waals surface area (Å²) in [6.45, 7) is 0.675. The molecule has 0 aliphatic rings. The van der Waals surface area contributed by atoms with Crippen molar-refractivity contribution in [1.29, 1.82) is 0 Å². The van der Waals surface area contributed by atoms with Crippen LogP contribution < -0.4 is 10.6 Å². The first kappa shape index (κ1) is 18.8. The number of hydrogen-bond donors (Lipinski definition) is 2. The third-order valence-corrected chi connectivity index (χ3v) is 3.62. The van der Waals surface area contributed by atoms with Crippen LogP contribution in [0.1, 0.15) is 23.2 Å². The van der Waals surface area contributed by atoms with Crippen LogP contribution in [0.15, 0.2) is 41.5 Å². The molecule has 0 saturated carbocycles. The van der Waals surface area contributed by atoms with E-state index in [0.717, 1.165) is 17.5 Å². The van der Waals surface area contributed by atoms with E-state index >= 15 is 0 Å². The number of rotatable bonds is 6. The molecule has 0 aliphatic carbocycles. The fourth-order valence-corrected chi connectivity index (χ4v) is 2.45. The molecule has 0 radical (unpaired) electrons. The van der Waals surface area contributed by atoms with E-state index in [1.807, 2.05) is 18.2 Å². The second-order valence-corrected chi connectivity index (χ2v) is 5.62. The van der Waals surface area contributed by atoms with Crippen molar-refractivity contribution in [3.05, 3.63) is 53.3 Å². The van der Waals surface area contributed by atoms with Crippen molar-refractivity contribution in [2.45, 2.75) is 25.6 Å². The van der Waals surface area contributed by atoms with Gasteiger partial charge in [0.05, 0.1) is 0 Å². The number of guanidine groups is 1. The molecule has 0 unspecified atom stereocenters. The summed E-state index contributed by atoms with van der Waals surface area (Å²) in [4.78, 5) is 4.03. The van der Waals surface area contributed by atoms with Crippen LogP contribution in [0.3, 0.4) is 0 Å². The lowest BCUT2D eigenvalue weighted by atomic mass is 10.1. The maximum absolute atomic E-state index is 12.9. The molecule has 0 amide bonds. The molecule has 0 bridgehead atoms. The van der Waals surface area contributed by atoms with Gasteiger partial charge >= 0.3 is 6.18 Å². The van der Waals surface area contributed by atoms with Crippen LogP contribution in [0, 0.1) is 0 Å². The average Bonchev–Trinajstić information content (AvgIpc) is 2.96. The number of nitrogens with zero attached hydrogens (tertiary/aromatic N) is 3. The summed E-state index contributed by atoms with van der Waals surface area (Å²) in [6.07, 6.45) is -1.29. The molecule has 0 aliphatic heterocycles. The molecule has 25 heavy (non-hydrogen) atoms. The number of hydrogen-bond acceptors (Lipinski definition) is 2.